The zero-order valence-corrected chi connectivity index (χ0v) is 19.3. The van der Waals surface area contributed by atoms with Crippen molar-refractivity contribution in [2.75, 3.05) is 23.3 Å². The van der Waals surface area contributed by atoms with Gasteiger partial charge in [-0.15, -0.1) is 0 Å². The monoisotopic (exact) mass is 498 g/mol. The van der Waals surface area contributed by atoms with Gasteiger partial charge in [0.15, 0.2) is 0 Å². The molecule has 0 radical (unpaired) electrons. The van der Waals surface area contributed by atoms with Crippen molar-refractivity contribution >= 4 is 62.1 Å². The molecule has 0 fully saturated rings. The molecule has 31 heavy (non-hydrogen) atoms. The second-order valence-corrected chi connectivity index (χ2v) is 9.49. The van der Waals surface area contributed by atoms with Crippen LogP contribution in [0.4, 0.5) is 11.4 Å². The average molecular weight is 500 g/mol. The maximum Gasteiger partial charge on any atom is 0.264 e. The van der Waals surface area contributed by atoms with Crippen LogP contribution < -0.4 is 14.4 Å². The molecular formula is C21H17Cl3N2O4S. The number of nitrogens with zero attached hydrogens (tertiary/aromatic N) is 1. The summed E-state index contributed by atoms with van der Waals surface area (Å²) in [6, 6.07) is 16.6. The minimum atomic E-state index is -4.08. The van der Waals surface area contributed by atoms with Crippen molar-refractivity contribution in [1.82, 2.24) is 0 Å². The maximum atomic E-state index is 13.3. The van der Waals surface area contributed by atoms with Crippen LogP contribution in [0, 0.1) is 0 Å². The van der Waals surface area contributed by atoms with Gasteiger partial charge in [-0.1, -0.05) is 40.9 Å². The van der Waals surface area contributed by atoms with E-state index in [1.165, 1.54) is 43.5 Å². The van der Waals surface area contributed by atoms with E-state index in [-0.39, 0.29) is 10.6 Å². The summed E-state index contributed by atoms with van der Waals surface area (Å²) in [6.45, 7) is -0.491. The molecule has 0 spiro atoms. The first-order valence-corrected chi connectivity index (χ1v) is 11.5. The molecule has 0 atom stereocenters. The largest absolute Gasteiger partial charge is 0.495 e. The molecule has 10 heteroatoms. The number of benzene rings is 3. The summed E-state index contributed by atoms with van der Waals surface area (Å²) in [5.74, 6) is -0.121. The molecule has 3 aromatic rings. The molecule has 0 bridgehead atoms. The lowest BCUT2D eigenvalue weighted by molar-refractivity contribution is -0.114. The van der Waals surface area contributed by atoms with Crippen LogP contribution in [0.1, 0.15) is 0 Å². The molecular weight excluding hydrogens is 483 g/mol. The zero-order chi connectivity index (χ0) is 22.6. The van der Waals surface area contributed by atoms with E-state index in [1.54, 1.807) is 30.3 Å². The Morgan fingerprint density at radius 1 is 0.968 bits per heavy atom. The molecule has 0 aliphatic carbocycles. The Morgan fingerprint density at radius 2 is 1.68 bits per heavy atom. The fourth-order valence-electron chi connectivity index (χ4n) is 2.76. The molecule has 3 aromatic carbocycles. The van der Waals surface area contributed by atoms with Gasteiger partial charge >= 0.3 is 0 Å². The van der Waals surface area contributed by atoms with E-state index in [0.29, 0.717) is 26.5 Å². The van der Waals surface area contributed by atoms with Crippen LogP contribution in [-0.4, -0.2) is 28.0 Å². The highest BCUT2D eigenvalue weighted by Crippen LogP contribution is 2.29. The Kier molecular flexibility index (Phi) is 7.33. The van der Waals surface area contributed by atoms with Crippen molar-refractivity contribution in [1.29, 1.82) is 0 Å². The molecule has 1 N–H and O–H groups in total. The number of rotatable bonds is 7. The third-order valence-corrected chi connectivity index (χ3v) is 6.79. The first-order chi connectivity index (χ1) is 14.7. The summed E-state index contributed by atoms with van der Waals surface area (Å²) in [5, 5.41) is 3.67. The second-order valence-electron chi connectivity index (χ2n) is 6.34. The standard InChI is InChI=1S/C21H17Cl3N2O4S/c1-30-20-10-7-16(12-19(20)24)25-21(27)13-26(17-4-2-3-15(23)11-17)31(28,29)18-8-5-14(22)6-9-18/h2-12H,13H2,1H3,(H,25,27). The van der Waals surface area contributed by atoms with Crippen LogP contribution in [0.2, 0.25) is 15.1 Å². The molecule has 0 saturated carbocycles. The molecule has 6 nitrogen and oxygen atoms in total. The molecule has 3 rings (SSSR count). The van der Waals surface area contributed by atoms with E-state index < -0.39 is 22.5 Å². The van der Waals surface area contributed by atoms with Crippen LogP contribution in [0.15, 0.2) is 71.6 Å². The van der Waals surface area contributed by atoms with Gasteiger partial charge in [0.05, 0.1) is 22.7 Å². The van der Waals surface area contributed by atoms with E-state index in [9.17, 15) is 13.2 Å². The predicted octanol–water partition coefficient (Wildman–Crippen LogP) is 5.49. The molecule has 0 unspecified atom stereocenters. The molecule has 0 aliphatic rings. The second kappa shape index (κ2) is 9.78. The fraction of sp³-hybridized carbons (Fsp3) is 0.0952. The zero-order valence-electron chi connectivity index (χ0n) is 16.2. The summed E-state index contributed by atoms with van der Waals surface area (Å²) in [5.41, 5.74) is 0.635. The van der Waals surface area contributed by atoms with Gasteiger partial charge in [0.2, 0.25) is 5.91 Å². The SMILES string of the molecule is COc1ccc(NC(=O)CN(c2cccc(Cl)c2)S(=O)(=O)c2ccc(Cl)cc2)cc1Cl. The van der Waals surface area contributed by atoms with E-state index in [0.717, 1.165) is 4.31 Å². The Hall–Kier alpha value is -2.45. The van der Waals surface area contributed by atoms with Crippen LogP contribution in [0.5, 0.6) is 5.75 Å². The summed E-state index contributed by atoms with van der Waals surface area (Å²) in [4.78, 5) is 12.7. The van der Waals surface area contributed by atoms with Crippen molar-refractivity contribution in [2.24, 2.45) is 0 Å². The number of carbonyl (C=O) groups excluding carboxylic acids is 1. The number of halogens is 3. The average Bonchev–Trinajstić information content (AvgIpc) is 2.72. The molecule has 162 valence electrons. The number of anilines is 2. The first kappa shape index (κ1) is 23.2. The third kappa shape index (κ3) is 5.62. The molecule has 1 amide bonds. The maximum absolute atomic E-state index is 13.3. The Balaban J connectivity index is 1.92. The summed E-state index contributed by atoms with van der Waals surface area (Å²) >= 11 is 18.0. The highest BCUT2D eigenvalue weighted by molar-refractivity contribution is 7.92. The van der Waals surface area contributed by atoms with Crippen molar-refractivity contribution < 1.29 is 17.9 Å². The topological polar surface area (TPSA) is 75.7 Å². The van der Waals surface area contributed by atoms with Crippen molar-refractivity contribution in [3.8, 4) is 5.75 Å². The highest BCUT2D eigenvalue weighted by atomic mass is 35.5. The van der Waals surface area contributed by atoms with E-state index in [2.05, 4.69) is 5.32 Å². The number of amides is 1. The summed E-state index contributed by atoms with van der Waals surface area (Å²) in [7, 11) is -2.61. The number of sulfonamides is 1. The highest BCUT2D eigenvalue weighted by Gasteiger charge is 2.27. The normalized spacial score (nSPS) is 11.1. The van der Waals surface area contributed by atoms with Crippen molar-refractivity contribution in [2.45, 2.75) is 4.90 Å². The quantitative estimate of drug-likeness (QED) is 0.466. The fourth-order valence-corrected chi connectivity index (χ4v) is 4.74. The van der Waals surface area contributed by atoms with Crippen molar-refractivity contribution in [3.63, 3.8) is 0 Å². The lowest BCUT2D eigenvalue weighted by Crippen LogP contribution is -2.38. The van der Waals surface area contributed by atoms with Gasteiger partial charge < -0.3 is 10.1 Å². The lowest BCUT2D eigenvalue weighted by Gasteiger charge is -2.24. The smallest absolute Gasteiger partial charge is 0.264 e. The van der Waals surface area contributed by atoms with Crippen molar-refractivity contribution in [3.05, 3.63) is 81.8 Å². The number of carbonyl (C=O) groups is 1. The van der Waals surface area contributed by atoms with Gasteiger partial charge in [-0.25, -0.2) is 8.42 Å². The molecule has 0 aromatic heterocycles. The third-order valence-electron chi connectivity index (χ3n) is 4.22. The number of hydrogen-bond donors (Lipinski definition) is 1. The molecule has 0 aliphatic heterocycles. The number of ether oxygens (including phenoxy) is 1. The summed E-state index contributed by atoms with van der Waals surface area (Å²) in [6.07, 6.45) is 0. The van der Waals surface area contributed by atoms with Gasteiger partial charge in [-0.05, 0) is 60.7 Å². The predicted molar refractivity (Wildman–Crippen MR) is 124 cm³/mol. The Labute approximate surface area is 195 Å². The van der Waals surface area contributed by atoms with Crippen LogP contribution >= 0.6 is 34.8 Å². The van der Waals surface area contributed by atoms with Gasteiger partial charge in [0.1, 0.15) is 12.3 Å². The Bertz CT molecular complexity index is 1200. The van der Waals surface area contributed by atoms with E-state index in [1.807, 2.05) is 0 Å². The van der Waals surface area contributed by atoms with Gasteiger partial charge in [0, 0.05) is 15.7 Å². The van der Waals surface area contributed by atoms with E-state index in [4.69, 9.17) is 39.5 Å². The van der Waals surface area contributed by atoms with Crippen LogP contribution in [0.3, 0.4) is 0 Å². The number of methoxy groups -OCH3 is 1. The first-order valence-electron chi connectivity index (χ1n) is 8.88. The van der Waals surface area contributed by atoms with Crippen LogP contribution in [-0.2, 0) is 14.8 Å². The van der Waals surface area contributed by atoms with Gasteiger partial charge in [0.25, 0.3) is 10.0 Å². The summed E-state index contributed by atoms with van der Waals surface area (Å²) < 4.78 is 32.7. The minimum Gasteiger partial charge on any atom is -0.495 e. The lowest BCUT2D eigenvalue weighted by atomic mass is 10.3. The molecule has 0 heterocycles. The van der Waals surface area contributed by atoms with Crippen LogP contribution in [0.25, 0.3) is 0 Å². The molecule has 0 saturated heterocycles. The van der Waals surface area contributed by atoms with Gasteiger partial charge in [-0.3, -0.25) is 9.10 Å². The van der Waals surface area contributed by atoms with Gasteiger partial charge in [-0.2, -0.15) is 0 Å². The number of nitrogens with one attached hydrogen (secondary N) is 1. The van der Waals surface area contributed by atoms with E-state index >= 15 is 0 Å². The Morgan fingerprint density at radius 3 is 2.29 bits per heavy atom. The number of hydrogen-bond acceptors (Lipinski definition) is 4. The minimum absolute atomic E-state index is 0.0165.